The fourth-order valence-corrected chi connectivity index (χ4v) is 5.33. The zero-order chi connectivity index (χ0) is 20.8. The zero-order valence-corrected chi connectivity index (χ0v) is 16.9. The van der Waals surface area contributed by atoms with Gasteiger partial charge in [0.05, 0.1) is 15.9 Å². The van der Waals surface area contributed by atoms with Crippen molar-refractivity contribution >= 4 is 40.2 Å². The molecule has 1 N–H and O–H groups in total. The van der Waals surface area contributed by atoms with Crippen LogP contribution in [0.15, 0.2) is 30.0 Å². The Balaban J connectivity index is 1.53. The Bertz CT molecular complexity index is 1090. The third-order valence-electron chi connectivity index (χ3n) is 5.48. The fraction of sp³-hybridized carbons (Fsp3) is 0.400. The lowest BCUT2D eigenvalue weighted by molar-refractivity contribution is -0.153. The number of thioether (sulfide) groups is 1. The molecule has 2 saturated heterocycles. The lowest BCUT2D eigenvalue weighted by atomic mass is 10.2. The van der Waals surface area contributed by atoms with Gasteiger partial charge in [0, 0.05) is 19.2 Å². The number of aliphatic hydroxyl groups excluding tert-OH is 1. The van der Waals surface area contributed by atoms with Crippen LogP contribution in [0.1, 0.15) is 25.6 Å². The number of imidazole rings is 1. The smallest absolute Gasteiger partial charge is 0.330 e. The number of carbonyl (C=O) groups excluding carboxylic acids is 2. The van der Waals surface area contributed by atoms with Gasteiger partial charge in [0.25, 0.3) is 0 Å². The number of nitriles is 1. The van der Waals surface area contributed by atoms with Crippen molar-refractivity contribution in [3.63, 3.8) is 0 Å². The number of rotatable bonds is 4. The number of amides is 1. The molecular formula is C20H20N4O4S. The second kappa shape index (κ2) is 7.12. The summed E-state index contributed by atoms with van der Waals surface area (Å²) in [5.74, 6) is -0.259. The molecule has 3 heterocycles. The summed E-state index contributed by atoms with van der Waals surface area (Å²) < 4.78 is 6.97. The van der Waals surface area contributed by atoms with Gasteiger partial charge in [0.2, 0.25) is 5.91 Å². The molecule has 0 aliphatic carbocycles. The van der Waals surface area contributed by atoms with Crippen molar-refractivity contribution in [2.45, 2.75) is 30.7 Å². The number of aromatic nitrogens is 2. The number of para-hydroxylation sites is 2. The van der Waals surface area contributed by atoms with E-state index in [1.165, 1.54) is 0 Å². The normalized spacial score (nSPS) is 24.4. The predicted molar refractivity (Wildman–Crippen MR) is 108 cm³/mol. The average Bonchev–Trinajstić information content (AvgIpc) is 3.32. The van der Waals surface area contributed by atoms with Gasteiger partial charge in [-0.2, -0.15) is 5.26 Å². The van der Waals surface area contributed by atoms with Gasteiger partial charge in [-0.25, -0.2) is 9.78 Å². The molecule has 0 radical (unpaired) electrons. The van der Waals surface area contributed by atoms with Crippen LogP contribution in [0.3, 0.4) is 0 Å². The topological polar surface area (TPSA) is 108 Å². The number of carbonyl (C=O) groups is 2. The van der Waals surface area contributed by atoms with Crippen LogP contribution >= 0.6 is 11.8 Å². The highest BCUT2D eigenvalue weighted by molar-refractivity contribution is 8.01. The first-order valence-electron chi connectivity index (χ1n) is 9.22. The van der Waals surface area contributed by atoms with Crippen LogP contribution < -0.4 is 0 Å². The van der Waals surface area contributed by atoms with Crippen LogP contribution in [-0.2, 0) is 21.4 Å². The number of hydrogen-bond acceptors (Lipinski definition) is 7. The van der Waals surface area contributed by atoms with Crippen molar-refractivity contribution in [1.29, 1.82) is 5.26 Å². The second-order valence-electron chi connectivity index (χ2n) is 7.29. The molecule has 0 spiro atoms. The Labute approximate surface area is 171 Å². The largest absolute Gasteiger partial charge is 0.507 e. The summed E-state index contributed by atoms with van der Waals surface area (Å²) in [6.45, 7) is 1.50. The van der Waals surface area contributed by atoms with E-state index in [2.05, 4.69) is 4.98 Å². The maximum atomic E-state index is 12.6. The Morgan fingerprint density at radius 2 is 2.24 bits per heavy atom. The minimum atomic E-state index is -0.672. The van der Waals surface area contributed by atoms with Crippen LogP contribution in [0.5, 0.6) is 0 Å². The first kappa shape index (κ1) is 19.3. The number of aliphatic hydroxyl groups is 1. The first-order chi connectivity index (χ1) is 13.9. The van der Waals surface area contributed by atoms with E-state index >= 15 is 0 Å². The zero-order valence-electron chi connectivity index (χ0n) is 16.1. The summed E-state index contributed by atoms with van der Waals surface area (Å²) in [4.78, 5) is 30.4. The molecule has 2 aliphatic heterocycles. The molecule has 150 valence electrons. The summed E-state index contributed by atoms with van der Waals surface area (Å²) in [7, 11) is 1.75. The van der Waals surface area contributed by atoms with Crippen molar-refractivity contribution in [3.05, 3.63) is 35.8 Å². The Kier molecular flexibility index (Phi) is 4.74. The van der Waals surface area contributed by atoms with Gasteiger partial charge < -0.3 is 19.3 Å². The minimum Gasteiger partial charge on any atom is -0.507 e. The standard InChI is InChI=1S/C20H20N4O4S/c1-20-8-7-17(26)24(20)15(11-29-20)19(27)28-10-16(25)12(9-21)18-22-13-5-3-4-6-14(13)23(18)2/h3-6,15,25H,7-8,10-11H2,1-2H3/b16-12-/t15-,20-/m1/s1. The van der Waals surface area contributed by atoms with E-state index < -0.39 is 18.6 Å². The molecule has 0 unspecified atom stereocenters. The van der Waals surface area contributed by atoms with E-state index in [9.17, 15) is 20.0 Å². The SMILES string of the molecule is Cn1c(/C(C#N)=C(\O)COC(=O)[C@H]2CS[C@]3(C)CCC(=O)N23)nc2ccccc21. The van der Waals surface area contributed by atoms with Crippen molar-refractivity contribution in [3.8, 4) is 6.07 Å². The lowest BCUT2D eigenvalue weighted by Crippen LogP contribution is -2.46. The van der Waals surface area contributed by atoms with E-state index in [1.807, 2.05) is 37.3 Å². The van der Waals surface area contributed by atoms with Gasteiger partial charge in [-0.05, 0) is 25.5 Å². The molecule has 0 saturated carbocycles. The summed E-state index contributed by atoms with van der Waals surface area (Å²) in [5, 5.41) is 20.0. The van der Waals surface area contributed by atoms with Crippen molar-refractivity contribution in [2.75, 3.05) is 12.4 Å². The summed E-state index contributed by atoms with van der Waals surface area (Å²) in [6, 6.07) is 8.65. The number of allylic oxidation sites excluding steroid dienone is 1. The van der Waals surface area contributed by atoms with Gasteiger partial charge in [-0.15, -0.1) is 11.8 Å². The number of nitrogens with zero attached hydrogens (tertiary/aromatic N) is 4. The van der Waals surface area contributed by atoms with Crippen molar-refractivity contribution in [1.82, 2.24) is 14.5 Å². The highest BCUT2D eigenvalue weighted by Crippen LogP contribution is 2.47. The predicted octanol–water partition coefficient (Wildman–Crippen LogP) is 2.36. The Morgan fingerprint density at radius 1 is 1.48 bits per heavy atom. The fourth-order valence-electron chi connectivity index (χ4n) is 3.92. The quantitative estimate of drug-likeness (QED) is 0.466. The maximum absolute atomic E-state index is 12.6. The van der Waals surface area contributed by atoms with E-state index in [0.717, 1.165) is 5.52 Å². The Hall–Kier alpha value is -2.99. The maximum Gasteiger partial charge on any atom is 0.330 e. The molecule has 8 nitrogen and oxygen atoms in total. The van der Waals surface area contributed by atoms with Gasteiger partial charge in [0.15, 0.2) is 11.6 Å². The third-order valence-corrected chi connectivity index (χ3v) is 6.98. The van der Waals surface area contributed by atoms with Crippen molar-refractivity contribution in [2.24, 2.45) is 7.05 Å². The molecule has 9 heteroatoms. The molecule has 1 aromatic heterocycles. The third kappa shape index (κ3) is 3.13. The lowest BCUT2D eigenvalue weighted by Gasteiger charge is -2.29. The molecular weight excluding hydrogens is 392 g/mol. The Morgan fingerprint density at radius 3 is 2.97 bits per heavy atom. The van der Waals surface area contributed by atoms with Gasteiger partial charge in [-0.3, -0.25) is 4.79 Å². The summed E-state index contributed by atoms with van der Waals surface area (Å²) in [6.07, 6.45) is 1.13. The van der Waals surface area contributed by atoms with Crippen LogP contribution in [0.2, 0.25) is 0 Å². The molecule has 29 heavy (non-hydrogen) atoms. The van der Waals surface area contributed by atoms with Crippen LogP contribution in [-0.4, -0.2) is 54.7 Å². The number of ether oxygens (including phenoxy) is 1. The number of aryl methyl sites for hydroxylation is 1. The van der Waals surface area contributed by atoms with E-state index in [-0.39, 0.29) is 22.1 Å². The highest BCUT2D eigenvalue weighted by atomic mass is 32.2. The number of hydrogen-bond donors (Lipinski definition) is 1. The monoisotopic (exact) mass is 412 g/mol. The summed E-state index contributed by atoms with van der Waals surface area (Å²) in [5.41, 5.74) is 1.45. The second-order valence-corrected chi connectivity index (χ2v) is 8.79. The van der Waals surface area contributed by atoms with Gasteiger partial charge >= 0.3 is 5.97 Å². The molecule has 2 aliphatic rings. The molecule has 2 fully saturated rings. The van der Waals surface area contributed by atoms with Crippen LogP contribution in [0.25, 0.3) is 16.6 Å². The molecule has 1 amide bonds. The first-order valence-corrected chi connectivity index (χ1v) is 10.2. The number of benzene rings is 1. The molecule has 4 rings (SSSR count). The molecule has 0 bridgehead atoms. The molecule has 2 aromatic rings. The van der Waals surface area contributed by atoms with Crippen LogP contribution in [0, 0.1) is 11.3 Å². The van der Waals surface area contributed by atoms with E-state index in [4.69, 9.17) is 4.74 Å². The van der Waals surface area contributed by atoms with Crippen molar-refractivity contribution < 1.29 is 19.4 Å². The van der Waals surface area contributed by atoms with E-state index in [0.29, 0.717) is 29.9 Å². The number of esters is 1. The summed E-state index contributed by atoms with van der Waals surface area (Å²) >= 11 is 1.57. The van der Waals surface area contributed by atoms with Gasteiger partial charge in [-0.1, -0.05) is 12.1 Å². The highest BCUT2D eigenvalue weighted by Gasteiger charge is 2.53. The van der Waals surface area contributed by atoms with Crippen LogP contribution in [0.4, 0.5) is 0 Å². The molecule has 1 aromatic carbocycles. The van der Waals surface area contributed by atoms with Gasteiger partial charge in [0.1, 0.15) is 24.3 Å². The average molecular weight is 412 g/mol. The van der Waals surface area contributed by atoms with E-state index in [1.54, 1.807) is 28.3 Å². The molecule has 2 atom stereocenters. The minimum absolute atomic E-state index is 0.0561. The number of fused-ring (bicyclic) bond motifs is 2.